The molecule has 1 atom stereocenters. The molecule has 0 aliphatic carbocycles. The zero-order valence-corrected chi connectivity index (χ0v) is 16.4. The molecule has 0 fully saturated rings. The Morgan fingerprint density at radius 1 is 1.11 bits per heavy atom. The van der Waals surface area contributed by atoms with Crippen molar-refractivity contribution in [3.05, 3.63) is 82.9 Å². The van der Waals surface area contributed by atoms with E-state index in [4.69, 9.17) is 0 Å². The lowest BCUT2D eigenvalue weighted by atomic mass is 10.1. The third kappa shape index (κ3) is 5.71. The fourth-order valence-electron chi connectivity index (χ4n) is 3.20. The Balaban J connectivity index is 1.50. The second kappa shape index (κ2) is 9.22. The van der Waals surface area contributed by atoms with Gasteiger partial charge in [0.25, 0.3) is 0 Å². The number of imidazole rings is 1. The summed E-state index contributed by atoms with van der Waals surface area (Å²) in [4.78, 5) is 20.2. The van der Waals surface area contributed by atoms with Crippen LogP contribution in [0.3, 0.4) is 0 Å². The van der Waals surface area contributed by atoms with Crippen molar-refractivity contribution in [1.29, 1.82) is 0 Å². The lowest BCUT2D eigenvalue weighted by Gasteiger charge is -2.13. The molecule has 3 N–H and O–H groups in total. The molecule has 1 aromatic heterocycles. The summed E-state index contributed by atoms with van der Waals surface area (Å²) >= 11 is 0. The first kappa shape index (κ1) is 19.7. The minimum atomic E-state index is -0.0227. The van der Waals surface area contributed by atoms with Gasteiger partial charge in [0.1, 0.15) is 11.6 Å². The van der Waals surface area contributed by atoms with E-state index in [-0.39, 0.29) is 24.1 Å². The first-order valence-corrected chi connectivity index (χ1v) is 9.65. The molecule has 0 aliphatic rings. The SMILES string of the molecule is Cc1[nH]c(CC(=O)NC(C)CCc2ccccc2)nc1Cc1ccc(O)cc1. The predicted octanol–water partition coefficient (Wildman–Crippen LogP) is 3.69. The van der Waals surface area contributed by atoms with Gasteiger partial charge in [-0.25, -0.2) is 4.98 Å². The lowest BCUT2D eigenvalue weighted by molar-refractivity contribution is -0.121. The average Bonchev–Trinajstić information content (AvgIpc) is 3.01. The molecule has 0 saturated heterocycles. The van der Waals surface area contributed by atoms with Crippen LogP contribution in [-0.4, -0.2) is 27.0 Å². The standard InChI is InChI=1S/C23H27N3O2/c1-16(8-9-18-6-4-3-5-7-18)24-23(28)15-22-25-17(2)21(26-22)14-19-10-12-20(27)13-11-19/h3-7,10-13,16,27H,8-9,14-15H2,1-2H3,(H,24,28)(H,25,26). The van der Waals surface area contributed by atoms with E-state index in [9.17, 15) is 9.90 Å². The molecule has 0 spiro atoms. The van der Waals surface area contributed by atoms with Crippen molar-refractivity contribution in [2.45, 2.75) is 45.6 Å². The molecule has 2 aromatic carbocycles. The molecular formula is C23H27N3O2. The Labute approximate surface area is 165 Å². The summed E-state index contributed by atoms with van der Waals surface area (Å²) in [7, 11) is 0. The molecule has 5 nitrogen and oxygen atoms in total. The average molecular weight is 377 g/mol. The number of carbonyl (C=O) groups is 1. The minimum absolute atomic E-state index is 0.0227. The van der Waals surface area contributed by atoms with Crippen LogP contribution in [0.25, 0.3) is 0 Å². The largest absolute Gasteiger partial charge is 0.508 e. The molecule has 3 rings (SSSR count). The normalized spacial score (nSPS) is 11.9. The molecule has 3 aromatic rings. The van der Waals surface area contributed by atoms with E-state index in [1.807, 2.05) is 44.2 Å². The second-order valence-corrected chi connectivity index (χ2v) is 7.27. The van der Waals surface area contributed by atoms with Gasteiger partial charge in [-0.15, -0.1) is 0 Å². The highest BCUT2D eigenvalue weighted by atomic mass is 16.3. The van der Waals surface area contributed by atoms with Crippen LogP contribution in [0, 0.1) is 6.92 Å². The van der Waals surface area contributed by atoms with Gasteiger partial charge in [0.05, 0.1) is 12.1 Å². The number of H-pyrrole nitrogens is 1. The van der Waals surface area contributed by atoms with Crippen molar-refractivity contribution in [1.82, 2.24) is 15.3 Å². The van der Waals surface area contributed by atoms with Gasteiger partial charge in [-0.05, 0) is 49.9 Å². The molecule has 5 heteroatoms. The summed E-state index contributed by atoms with van der Waals surface area (Å²) in [5.41, 5.74) is 4.24. The molecule has 0 radical (unpaired) electrons. The zero-order valence-electron chi connectivity index (χ0n) is 16.4. The fraction of sp³-hybridized carbons (Fsp3) is 0.304. The number of carbonyl (C=O) groups excluding carboxylic acids is 1. The zero-order chi connectivity index (χ0) is 19.9. The molecule has 1 heterocycles. The number of amides is 1. The maximum Gasteiger partial charge on any atom is 0.227 e. The predicted molar refractivity (Wildman–Crippen MR) is 110 cm³/mol. The van der Waals surface area contributed by atoms with Crippen LogP contribution >= 0.6 is 0 Å². The summed E-state index contributed by atoms with van der Waals surface area (Å²) in [6, 6.07) is 17.5. The van der Waals surface area contributed by atoms with Crippen molar-refractivity contribution < 1.29 is 9.90 Å². The highest BCUT2D eigenvalue weighted by Gasteiger charge is 2.13. The summed E-state index contributed by atoms with van der Waals surface area (Å²) in [6.45, 7) is 4.00. The fourth-order valence-corrected chi connectivity index (χ4v) is 3.20. The molecule has 1 amide bonds. The van der Waals surface area contributed by atoms with Gasteiger partial charge >= 0.3 is 0 Å². The number of nitrogens with one attached hydrogen (secondary N) is 2. The van der Waals surface area contributed by atoms with Crippen molar-refractivity contribution in [3.63, 3.8) is 0 Å². The smallest absolute Gasteiger partial charge is 0.227 e. The van der Waals surface area contributed by atoms with Gasteiger partial charge in [0.2, 0.25) is 5.91 Å². The molecule has 28 heavy (non-hydrogen) atoms. The molecule has 1 unspecified atom stereocenters. The number of aryl methyl sites for hydroxylation is 2. The van der Waals surface area contributed by atoms with E-state index in [1.165, 1.54) is 5.56 Å². The Morgan fingerprint density at radius 3 is 2.54 bits per heavy atom. The number of hydrogen-bond acceptors (Lipinski definition) is 3. The van der Waals surface area contributed by atoms with Crippen molar-refractivity contribution >= 4 is 5.91 Å². The van der Waals surface area contributed by atoms with E-state index in [0.717, 1.165) is 29.8 Å². The number of rotatable bonds is 8. The summed E-state index contributed by atoms with van der Waals surface area (Å²) in [6.07, 6.45) is 2.75. The van der Waals surface area contributed by atoms with Crippen LogP contribution in [0.2, 0.25) is 0 Å². The number of benzene rings is 2. The van der Waals surface area contributed by atoms with Crippen LogP contribution in [0.1, 0.15) is 41.7 Å². The number of phenols is 1. The van der Waals surface area contributed by atoms with Crippen LogP contribution in [0.5, 0.6) is 5.75 Å². The quantitative estimate of drug-likeness (QED) is 0.560. The first-order chi connectivity index (χ1) is 13.5. The molecule has 0 saturated carbocycles. The van der Waals surface area contributed by atoms with Gasteiger partial charge in [0, 0.05) is 18.2 Å². The van der Waals surface area contributed by atoms with E-state index in [0.29, 0.717) is 12.2 Å². The van der Waals surface area contributed by atoms with E-state index in [1.54, 1.807) is 12.1 Å². The van der Waals surface area contributed by atoms with Crippen LogP contribution < -0.4 is 5.32 Å². The number of nitrogens with zero attached hydrogens (tertiary/aromatic N) is 1. The van der Waals surface area contributed by atoms with Crippen molar-refractivity contribution in [3.8, 4) is 5.75 Å². The van der Waals surface area contributed by atoms with Crippen LogP contribution in [0.4, 0.5) is 0 Å². The highest BCUT2D eigenvalue weighted by Crippen LogP contribution is 2.15. The summed E-state index contributed by atoms with van der Waals surface area (Å²) in [5.74, 6) is 0.908. The topological polar surface area (TPSA) is 78.0 Å². The third-order valence-electron chi connectivity index (χ3n) is 4.79. The Hall–Kier alpha value is -3.08. The van der Waals surface area contributed by atoms with Crippen molar-refractivity contribution in [2.75, 3.05) is 0 Å². The van der Waals surface area contributed by atoms with Crippen LogP contribution in [-0.2, 0) is 24.1 Å². The maximum atomic E-state index is 12.4. The number of aromatic amines is 1. The Bertz CT molecular complexity index is 901. The number of aromatic hydroxyl groups is 1. The molecular weight excluding hydrogens is 350 g/mol. The van der Waals surface area contributed by atoms with Gasteiger partial charge in [-0.1, -0.05) is 42.5 Å². The molecule has 146 valence electrons. The van der Waals surface area contributed by atoms with Crippen molar-refractivity contribution in [2.24, 2.45) is 0 Å². The number of hydrogen-bond donors (Lipinski definition) is 3. The van der Waals surface area contributed by atoms with Gasteiger partial charge in [-0.3, -0.25) is 4.79 Å². The summed E-state index contributed by atoms with van der Waals surface area (Å²) < 4.78 is 0. The maximum absolute atomic E-state index is 12.4. The summed E-state index contributed by atoms with van der Waals surface area (Å²) in [5, 5.41) is 12.4. The monoisotopic (exact) mass is 377 g/mol. The number of aromatic nitrogens is 2. The second-order valence-electron chi connectivity index (χ2n) is 7.27. The minimum Gasteiger partial charge on any atom is -0.508 e. The number of phenolic OH excluding ortho intramolecular Hbond substituents is 1. The van der Waals surface area contributed by atoms with Gasteiger partial charge in [-0.2, -0.15) is 0 Å². The van der Waals surface area contributed by atoms with Gasteiger partial charge in [0.15, 0.2) is 0 Å². The lowest BCUT2D eigenvalue weighted by Crippen LogP contribution is -2.34. The highest BCUT2D eigenvalue weighted by molar-refractivity contribution is 5.78. The molecule has 0 aliphatic heterocycles. The third-order valence-corrected chi connectivity index (χ3v) is 4.79. The Kier molecular flexibility index (Phi) is 6.48. The van der Waals surface area contributed by atoms with E-state index >= 15 is 0 Å². The van der Waals surface area contributed by atoms with E-state index in [2.05, 4.69) is 27.4 Å². The van der Waals surface area contributed by atoms with Crippen LogP contribution in [0.15, 0.2) is 54.6 Å². The molecule has 0 bridgehead atoms. The van der Waals surface area contributed by atoms with Gasteiger partial charge < -0.3 is 15.4 Å². The Morgan fingerprint density at radius 2 is 1.82 bits per heavy atom. The first-order valence-electron chi connectivity index (χ1n) is 9.65. The van der Waals surface area contributed by atoms with E-state index < -0.39 is 0 Å².